The van der Waals surface area contributed by atoms with Gasteiger partial charge >= 0.3 is 6.18 Å². The van der Waals surface area contributed by atoms with E-state index in [4.69, 9.17) is 0 Å². The average molecular weight is 547 g/mol. The third-order valence-electron chi connectivity index (χ3n) is 6.57. The van der Waals surface area contributed by atoms with Gasteiger partial charge in [-0.15, -0.1) is 0 Å². The van der Waals surface area contributed by atoms with Crippen LogP contribution in [-0.4, -0.2) is 36.9 Å². The summed E-state index contributed by atoms with van der Waals surface area (Å²) in [6.45, 7) is 1.03. The molecule has 1 saturated carbocycles. The molecule has 0 unspecified atom stereocenters. The molecule has 13 heteroatoms. The number of rotatable bonds is 8. The van der Waals surface area contributed by atoms with Crippen LogP contribution in [0.15, 0.2) is 52.6 Å². The molecule has 0 bridgehead atoms. The molecule has 204 valence electrons. The number of anilines is 1. The Morgan fingerprint density at radius 3 is 2.54 bits per heavy atom. The predicted octanol–water partition coefficient (Wildman–Crippen LogP) is 4.81. The molecule has 0 amide bonds. The van der Waals surface area contributed by atoms with Crippen LogP contribution in [0.25, 0.3) is 22.2 Å². The van der Waals surface area contributed by atoms with Gasteiger partial charge in [0.05, 0.1) is 29.4 Å². The number of fused-ring (bicyclic) bond motifs is 1. The zero-order valence-corrected chi connectivity index (χ0v) is 20.6. The van der Waals surface area contributed by atoms with Gasteiger partial charge in [0.15, 0.2) is 5.82 Å². The number of hydrogen-bond acceptors (Lipinski definition) is 6. The number of aromatic nitrogens is 5. The summed E-state index contributed by atoms with van der Waals surface area (Å²) in [5.74, 6) is -0.0511. The van der Waals surface area contributed by atoms with Crippen molar-refractivity contribution in [1.82, 2.24) is 24.7 Å². The van der Waals surface area contributed by atoms with Gasteiger partial charge in [0.1, 0.15) is 17.6 Å². The Morgan fingerprint density at radius 2 is 1.87 bits per heavy atom. The highest BCUT2D eigenvalue weighted by Gasteiger charge is 2.37. The highest BCUT2D eigenvalue weighted by molar-refractivity contribution is 5.86. The first kappa shape index (κ1) is 26.4. The summed E-state index contributed by atoms with van der Waals surface area (Å²) >= 11 is 0. The number of H-pyrrole nitrogens is 1. The zero-order valence-electron chi connectivity index (χ0n) is 20.6. The van der Waals surface area contributed by atoms with Gasteiger partial charge < -0.3 is 9.88 Å². The first-order valence-corrected chi connectivity index (χ1v) is 12.2. The quantitative estimate of drug-likeness (QED) is 0.308. The van der Waals surface area contributed by atoms with Crippen molar-refractivity contribution in [3.8, 4) is 11.4 Å². The Morgan fingerprint density at radius 1 is 1.15 bits per heavy atom. The Bertz CT molecular complexity index is 1630. The fourth-order valence-corrected chi connectivity index (χ4v) is 4.51. The second-order valence-electron chi connectivity index (χ2n) is 9.67. The smallest absolute Gasteiger partial charge is 0.381 e. The average Bonchev–Trinajstić information content (AvgIpc) is 3.71. The van der Waals surface area contributed by atoms with Crippen LogP contribution >= 0.6 is 0 Å². The topological polar surface area (TPSA) is 106 Å². The van der Waals surface area contributed by atoms with Crippen LogP contribution in [-0.2, 0) is 12.7 Å². The molecule has 1 fully saturated rings. The first-order chi connectivity index (χ1) is 18.5. The maximum Gasteiger partial charge on any atom is 0.423 e. The minimum Gasteiger partial charge on any atom is -0.381 e. The van der Waals surface area contributed by atoms with Gasteiger partial charge in [-0.1, -0.05) is 0 Å². The molecule has 1 aliphatic rings. The first-order valence-electron chi connectivity index (χ1n) is 12.2. The third-order valence-corrected chi connectivity index (χ3v) is 6.57. The summed E-state index contributed by atoms with van der Waals surface area (Å²) < 4.78 is 70.7. The molecule has 2 N–H and O–H groups in total. The summed E-state index contributed by atoms with van der Waals surface area (Å²) in [4.78, 5) is 33.1. The molecule has 2 atom stereocenters. The maximum atomic E-state index is 15.0. The molecule has 1 aromatic carbocycles. The summed E-state index contributed by atoms with van der Waals surface area (Å²) in [6, 6.07) is 3.24. The van der Waals surface area contributed by atoms with Gasteiger partial charge in [-0.25, -0.2) is 23.8 Å². The van der Waals surface area contributed by atoms with Crippen LogP contribution in [0.4, 0.5) is 27.6 Å². The van der Waals surface area contributed by atoms with Crippen molar-refractivity contribution in [1.29, 1.82) is 0 Å². The molecular formula is C26H23F5N6O2. The van der Waals surface area contributed by atoms with Gasteiger partial charge in [0.2, 0.25) is 0 Å². The van der Waals surface area contributed by atoms with E-state index in [0.717, 1.165) is 35.2 Å². The van der Waals surface area contributed by atoms with Crippen molar-refractivity contribution in [2.75, 3.05) is 5.32 Å². The van der Waals surface area contributed by atoms with Crippen molar-refractivity contribution in [3.63, 3.8) is 0 Å². The SMILES string of the molecule is C[C@@H](C[C@@H](F)Cn1ccc2cc(-c3ncc(C4CC4)cn3)c(F)cc2c1=O)Nc1cn[nH]c(=O)c1C(F)(F)F. The summed E-state index contributed by atoms with van der Waals surface area (Å²) in [5, 5.41) is 8.03. The van der Waals surface area contributed by atoms with E-state index < -0.39 is 53.1 Å². The van der Waals surface area contributed by atoms with Gasteiger partial charge in [-0.3, -0.25) is 9.59 Å². The van der Waals surface area contributed by atoms with Gasteiger partial charge in [0, 0.05) is 31.1 Å². The Kier molecular flexibility index (Phi) is 6.91. The van der Waals surface area contributed by atoms with Crippen LogP contribution in [0.5, 0.6) is 0 Å². The fraction of sp³-hybridized carbons (Fsp3) is 0.346. The largest absolute Gasteiger partial charge is 0.423 e. The lowest BCUT2D eigenvalue weighted by atomic mass is 10.1. The molecule has 3 heterocycles. The van der Waals surface area contributed by atoms with Crippen LogP contribution in [0.3, 0.4) is 0 Å². The number of hydrogen-bond donors (Lipinski definition) is 2. The second kappa shape index (κ2) is 10.2. The van der Waals surface area contributed by atoms with Gasteiger partial charge in [-0.2, -0.15) is 18.3 Å². The van der Waals surface area contributed by atoms with E-state index in [1.165, 1.54) is 19.2 Å². The molecule has 8 nitrogen and oxygen atoms in total. The zero-order chi connectivity index (χ0) is 27.9. The lowest BCUT2D eigenvalue weighted by molar-refractivity contribution is -0.138. The van der Waals surface area contributed by atoms with Gasteiger partial charge in [0.25, 0.3) is 11.1 Å². The van der Waals surface area contributed by atoms with E-state index in [9.17, 15) is 31.5 Å². The van der Waals surface area contributed by atoms with Crippen molar-refractivity contribution >= 4 is 16.5 Å². The van der Waals surface area contributed by atoms with Crippen molar-refractivity contribution in [2.24, 2.45) is 0 Å². The molecule has 39 heavy (non-hydrogen) atoms. The number of alkyl halides is 4. The number of nitrogens with zero attached hydrogens (tertiary/aromatic N) is 4. The molecule has 0 radical (unpaired) electrons. The molecule has 4 aromatic rings. The highest BCUT2D eigenvalue weighted by Crippen LogP contribution is 2.39. The summed E-state index contributed by atoms with van der Waals surface area (Å²) in [6.07, 6.45) is 0.828. The van der Waals surface area contributed by atoms with Crippen LogP contribution < -0.4 is 16.4 Å². The predicted molar refractivity (Wildman–Crippen MR) is 134 cm³/mol. The summed E-state index contributed by atoms with van der Waals surface area (Å²) in [5.41, 5.74) is -2.94. The Labute approximate surface area is 217 Å². The number of aromatic amines is 1. The number of halogens is 5. The van der Waals surface area contributed by atoms with Crippen LogP contribution in [0, 0.1) is 5.82 Å². The summed E-state index contributed by atoms with van der Waals surface area (Å²) in [7, 11) is 0. The van der Waals surface area contributed by atoms with E-state index >= 15 is 0 Å². The molecule has 1 aliphatic carbocycles. The van der Waals surface area contributed by atoms with E-state index in [2.05, 4.69) is 20.4 Å². The molecule has 3 aromatic heterocycles. The molecule has 0 aliphatic heterocycles. The number of benzene rings is 1. The lowest BCUT2D eigenvalue weighted by Crippen LogP contribution is -2.30. The number of pyridine rings is 1. The normalized spacial score (nSPS) is 15.3. The Balaban J connectivity index is 1.31. The van der Waals surface area contributed by atoms with Crippen LogP contribution in [0.2, 0.25) is 0 Å². The van der Waals surface area contributed by atoms with E-state index in [1.54, 1.807) is 23.6 Å². The third kappa shape index (κ3) is 5.66. The van der Waals surface area contributed by atoms with E-state index in [-0.39, 0.29) is 23.2 Å². The monoisotopic (exact) mass is 546 g/mol. The van der Waals surface area contributed by atoms with Crippen molar-refractivity contribution < 1.29 is 22.0 Å². The second-order valence-corrected chi connectivity index (χ2v) is 9.67. The minimum atomic E-state index is -4.94. The highest BCUT2D eigenvalue weighted by atomic mass is 19.4. The fourth-order valence-electron chi connectivity index (χ4n) is 4.51. The minimum absolute atomic E-state index is 0.0381. The molecule has 0 saturated heterocycles. The lowest BCUT2D eigenvalue weighted by Gasteiger charge is -2.20. The van der Waals surface area contributed by atoms with Crippen molar-refractivity contribution in [2.45, 2.75) is 57.0 Å². The standard InChI is InChI=1S/C26H23F5N6O2/c1-13(35-21-11-34-36-24(38)22(21)26(29,30)31)6-17(27)12-37-5-4-15-7-19(20(28)8-18(15)25(37)39)23-32-9-16(10-33-23)14-2-3-14/h4-5,7-11,13-14,17H,2-3,6,12H2,1H3,(H2,35,36,38)/t13-,17+/m0/s1. The maximum absolute atomic E-state index is 15.0. The van der Waals surface area contributed by atoms with E-state index in [1.807, 2.05) is 0 Å². The molecule has 0 spiro atoms. The molecule has 5 rings (SSSR count). The van der Waals surface area contributed by atoms with Crippen LogP contribution in [0.1, 0.15) is 43.2 Å². The van der Waals surface area contributed by atoms with Gasteiger partial charge in [-0.05, 0) is 54.8 Å². The number of nitrogens with one attached hydrogen (secondary N) is 2. The Hall–Kier alpha value is -4.16. The van der Waals surface area contributed by atoms with Crippen molar-refractivity contribution in [3.05, 3.63) is 80.6 Å². The molecular weight excluding hydrogens is 523 g/mol. The van der Waals surface area contributed by atoms with E-state index in [0.29, 0.717) is 11.3 Å².